The van der Waals surface area contributed by atoms with Gasteiger partial charge in [-0.3, -0.25) is 0 Å². The number of fused-ring (bicyclic) bond motifs is 1. The lowest BCUT2D eigenvalue weighted by atomic mass is 10.0. The quantitative estimate of drug-likeness (QED) is 0.615. The van der Waals surface area contributed by atoms with Crippen LogP contribution in [0.4, 0.5) is 0 Å². The monoisotopic (exact) mass is 334 g/mol. The predicted molar refractivity (Wildman–Crippen MR) is 97.8 cm³/mol. The van der Waals surface area contributed by atoms with Crippen molar-refractivity contribution in [2.45, 2.75) is 16.2 Å². The molecular formula is C21H18O2S. The number of hydrogen-bond donors (Lipinski definition) is 0. The lowest BCUT2D eigenvalue weighted by molar-refractivity contribution is 0.190. The lowest BCUT2D eigenvalue weighted by Crippen LogP contribution is -2.19. The molecule has 1 heterocycles. The third-order valence-corrected chi connectivity index (χ3v) is 5.54. The Kier molecular flexibility index (Phi) is 4.18. The molecule has 1 aliphatic heterocycles. The highest BCUT2D eigenvalue weighted by molar-refractivity contribution is 7.99. The van der Waals surface area contributed by atoms with Crippen molar-refractivity contribution in [1.82, 2.24) is 0 Å². The van der Waals surface area contributed by atoms with Crippen molar-refractivity contribution in [2.75, 3.05) is 7.11 Å². The van der Waals surface area contributed by atoms with Crippen LogP contribution in [-0.2, 0) is 0 Å². The Morgan fingerprint density at radius 3 is 2.17 bits per heavy atom. The molecule has 1 aliphatic rings. The van der Waals surface area contributed by atoms with Gasteiger partial charge < -0.3 is 9.47 Å². The van der Waals surface area contributed by atoms with Crippen molar-refractivity contribution in [3.63, 3.8) is 0 Å². The molecule has 0 bridgehead atoms. The highest BCUT2D eigenvalue weighted by Gasteiger charge is 2.33. The van der Waals surface area contributed by atoms with Gasteiger partial charge in [0.05, 0.1) is 17.3 Å². The third kappa shape index (κ3) is 2.87. The number of methoxy groups -OCH3 is 1. The van der Waals surface area contributed by atoms with Crippen LogP contribution in [0, 0.1) is 0 Å². The molecule has 3 heteroatoms. The molecule has 0 aromatic heterocycles. The molecule has 0 unspecified atom stereocenters. The largest absolute Gasteiger partial charge is 0.497 e. The molecule has 0 saturated heterocycles. The number of ether oxygens (including phenoxy) is 2. The van der Waals surface area contributed by atoms with Crippen molar-refractivity contribution in [3.8, 4) is 11.5 Å². The smallest absolute Gasteiger partial charge is 0.140 e. The molecule has 0 radical (unpaired) electrons. The fourth-order valence-electron chi connectivity index (χ4n) is 2.97. The van der Waals surface area contributed by atoms with Crippen LogP contribution < -0.4 is 9.47 Å². The summed E-state index contributed by atoms with van der Waals surface area (Å²) in [6.07, 6.45) is -0.0144. The van der Waals surface area contributed by atoms with Crippen molar-refractivity contribution < 1.29 is 9.47 Å². The average Bonchev–Trinajstić information content (AvgIpc) is 2.68. The van der Waals surface area contributed by atoms with Crippen LogP contribution >= 0.6 is 11.8 Å². The van der Waals surface area contributed by atoms with Gasteiger partial charge >= 0.3 is 0 Å². The average molecular weight is 334 g/mol. The Morgan fingerprint density at radius 2 is 1.50 bits per heavy atom. The number of hydrogen-bond acceptors (Lipinski definition) is 3. The Balaban J connectivity index is 1.78. The van der Waals surface area contributed by atoms with E-state index in [1.807, 2.05) is 36.0 Å². The van der Waals surface area contributed by atoms with Crippen molar-refractivity contribution in [3.05, 3.63) is 90.0 Å². The molecule has 0 N–H and O–H groups in total. The number of rotatable bonds is 3. The van der Waals surface area contributed by atoms with E-state index in [0.29, 0.717) is 0 Å². The predicted octanol–water partition coefficient (Wildman–Crippen LogP) is 5.66. The van der Waals surface area contributed by atoms with Crippen LogP contribution in [0.2, 0.25) is 0 Å². The van der Waals surface area contributed by atoms with E-state index in [2.05, 4.69) is 54.6 Å². The van der Waals surface area contributed by atoms with Gasteiger partial charge in [0, 0.05) is 0 Å². The number of benzene rings is 3. The van der Waals surface area contributed by atoms with Gasteiger partial charge in [-0.2, -0.15) is 0 Å². The van der Waals surface area contributed by atoms with Gasteiger partial charge in [-0.15, -0.1) is 11.8 Å². The summed E-state index contributed by atoms with van der Waals surface area (Å²) in [5.74, 6) is 1.77. The summed E-state index contributed by atoms with van der Waals surface area (Å²) in [5, 5.41) is 0.202. The van der Waals surface area contributed by atoms with E-state index in [9.17, 15) is 0 Å². The van der Waals surface area contributed by atoms with Crippen LogP contribution in [0.25, 0.3) is 0 Å². The first-order valence-electron chi connectivity index (χ1n) is 7.96. The van der Waals surface area contributed by atoms with E-state index in [4.69, 9.17) is 9.47 Å². The van der Waals surface area contributed by atoms with Gasteiger partial charge in [0.1, 0.15) is 17.6 Å². The van der Waals surface area contributed by atoms with E-state index in [1.54, 1.807) is 7.11 Å². The fourth-order valence-corrected chi connectivity index (χ4v) is 4.29. The molecule has 24 heavy (non-hydrogen) atoms. The van der Waals surface area contributed by atoms with Crippen LogP contribution in [0.3, 0.4) is 0 Å². The molecule has 3 aromatic rings. The summed E-state index contributed by atoms with van der Waals surface area (Å²) in [6.45, 7) is 0. The Morgan fingerprint density at radius 1 is 0.833 bits per heavy atom. The topological polar surface area (TPSA) is 18.5 Å². The maximum Gasteiger partial charge on any atom is 0.140 e. The highest BCUT2D eigenvalue weighted by atomic mass is 32.2. The van der Waals surface area contributed by atoms with Crippen molar-refractivity contribution in [1.29, 1.82) is 0 Å². The fraction of sp³-hybridized carbons (Fsp3) is 0.143. The van der Waals surface area contributed by atoms with E-state index in [1.165, 1.54) is 11.1 Å². The molecule has 0 aliphatic carbocycles. The molecule has 2 atom stereocenters. The molecule has 0 fully saturated rings. The van der Waals surface area contributed by atoms with Gasteiger partial charge in [0.2, 0.25) is 0 Å². The first-order chi connectivity index (χ1) is 11.8. The van der Waals surface area contributed by atoms with Gasteiger partial charge in [0.15, 0.2) is 0 Å². The van der Waals surface area contributed by atoms with E-state index >= 15 is 0 Å². The molecule has 3 aromatic carbocycles. The maximum atomic E-state index is 6.41. The zero-order valence-corrected chi connectivity index (χ0v) is 14.2. The molecular weight excluding hydrogens is 316 g/mol. The highest BCUT2D eigenvalue weighted by Crippen LogP contribution is 2.53. The second-order valence-electron chi connectivity index (χ2n) is 5.71. The summed E-state index contributed by atoms with van der Waals surface area (Å²) in [4.78, 5) is 1.12. The minimum absolute atomic E-state index is 0.0144. The molecule has 4 rings (SSSR count). The Bertz CT molecular complexity index is 818. The van der Waals surface area contributed by atoms with Crippen LogP contribution in [0.5, 0.6) is 11.5 Å². The summed E-state index contributed by atoms with van der Waals surface area (Å²) in [7, 11) is 1.69. The zero-order valence-electron chi connectivity index (χ0n) is 13.4. The van der Waals surface area contributed by atoms with E-state index < -0.39 is 0 Å². The second kappa shape index (κ2) is 6.62. The van der Waals surface area contributed by atoms with E-state index in [-0.39, 0.29) is 11.4 Å². The Hall–Kier alpha value is -2.39. The minimum atomic E-state index is -0.0144. The van der Waals surface area contributed by atoms with E-state index in [0.717, 1.165) is 16.4 Å². The van der Waals surface area contributed by atoms with Gasteiger partial charge in [-0.05, 0) is 29.3 Å². The SMILES string of the molecule is COc1ccc2c(c1)S[C@H](c1ccccc1)[C@@H](c1ccccc1)O2. The van der Waals surface area contributed by atoms with Gasteiger partial charge in [0.25, 0.3) is 0 Å². The second-order valence-corrected chi connectivity index (χ2v) is 6.89. The summed E-state index contributed by atoms with van der Waals surface area (Å²) < 4.78 is 11.8. The zero-order chi connectivity index (χ0) is 16.4. The molecule has 0 amide bonds. The van der Waals surface area contributed by atoms with Crippen LogP contribution in [-0.4, -0.2) is 7.11 Å². The first-order valence-corrected chi connectivity index (χ1v) is 8.84. The third-order valence-electron chi connectivity index (χ3n) is 4.19. The Labute approximate surface area is 146 Å². The summed E-state index contributed by atoms with van der Waals surface area (Å²) >= 11 is 1.84. The lowest BCUT2D eigenvalue weighted by Gasteiger charge is -2.34. The number of thioether (sulfide) groups is 1. The first kappa shape index (κ1) is 15.2. The van der Waals surface area contributed by atoms with Gasteiger partial charge in [-0.25, -0.2) is 0 Å². The molecule has 0 saturated carbocycles. The van der Waals surface area contributed by atoms with Gasteiger partial charge in [-0.1, -0.05) is 60.7 Å². The molecule has 120 valence electrons. The standard InChI is InChI=1S/C21H18O2S/c1-22-17-12-13-18-19(14-17)24-21(16-10-6-3-7-11-16)20(23-18)15-8-4-2-5-9-15/h2-14,20-21H,1H3/t20-,21-/m1/s1. The maximum absolute atomic E-state index is 6.41. The normalized spacial score (nSPS) is 19.2. The minimum Gasteiger partial charge on any atom is -0.497 e. The van der Waals surface area contributed by atoms with Crippen LogP contribution in [0.15, 0.2) is 83.8 Å². The summed E-state index contributed by atoms with van der Waals surface area (Å²) in [5.41, 5.74) is 2.46. The van der Waals surface area contributed by atoms with Crippen molar-refractivity contribution >= 4 is 11.8 Å². The van der Waals surface area contributed by atoms with Crippen molar-refractivity contribution in [2.24, 2.45) is 0 Å². The molecule has 2 nitrogen and oxygen atoms in total. The summed E-state index contributed by atoms with van der Waals surface area (Å²) in [6, 6.07) is 27.0. The molecule has 0 spiro atoms. The van der Waals surface area contributed by atoms with Crippen LogP contribution in [0.1, 0.15) is 22.5 Å².